The van der Waals surface area contributed by atoms with E-state index in [0.717, 1.165) is 18.5 Å². The molecule has 25 heavy (non-hydrogen) atoms. The average molecular weight is 349 g/mol. The Kier molecular flexibility index (Phi) is 5.78. The van der Waals surface area contributed by atoms with Crippen molar-refractivity contribution in [2.75, 3.05) is 59.4 Å². The van der Waals surface area contributed by atoms with Crippen molar-refractivity contribution in [1.82, 2.24) is 25.3 Å². The predicted molar refractivity (Wildman–Crippen MR) is 103 cm³/mol. The Hall–Kier alpha value is -0.850. The molecule has 0 radical (unpaired) electrons. The van der Waals surface area contributed by atoms with Crippen molar-refractivity contribution in [3.8, 4) is 0 Å². The van der Waals surface area contributed by atoms with Gasteiger partial charge in [0.25, 0.3) is 0 Å². The summed E-state index contributed by atoms with van der Waals surface area (Å²) in [5, 5.41) is 7.28. The molecule has 4 saturated heterocycles. The summed E-state index contributed by atoms with van der Waals surface area (Å²) >= 11 is 0. The topological polar surface area (TPSA) is 46.1 Å². The molecule has 5 rings (SSSR count). The van der Waals surface area contributed by atoms with Gasteiger partial charge in [0.05, 0.1) is 0 Å². The van der Waals surface area contributed by atoms with Crippen LogP contribution in [0.4, 0.5) is 0 Å². The number of fused-ring (bicyclic) bond motifs is 3. The molecular formula is C19H36N6. The zero-order valence-corrected chi connectivity index (χ0v) is 15.9. The lowest BCUT2D eigenvalue weighted by molar-refractivity contribution is 0.0154. The van der Waals surface area contributed by atoms with Gasteiger partial charge in [-0.1, -0.05) is 12.8 Å². The minimum Gasteiger partial charge on any atom is -0.355 e. The van der Waals surface area contributed by atoms with Crippen LogP contribution in [-0.2, 0) is 0 Å². The van der Waals surface area contributed by atoms with E-state index < -0.39 is 0 Å². The molecule has 1 unspecified atom stereocenters. The molecule has 0 amide bonds. The average Bonchev–Trinajstić information content (AvgIpc) is 3.21. The SMILES string of the molecule is CN=C(NCC1CN2CCN1CC2)NC1CCN(C2CCCC2)CC1. The number of hydrogen-bond donors (Lipinski definition) is 2. The molecule has 5 aliphatic rings. The van der Waals surface area contributed by atoms with Crippen LogP contribution in [0.2, 0.25) is 0 Å². The second kappa shape index (κ2) is 8.23. The highest BCUT2D eigenvalue weighted by atomic mass is 15.4. The molecule has 1 aliphatic carbocycles. The first-order chi connectivity index (χ1) is 12.3. The van der Waals surface area contributed by atoms with Crippen LogP contribution in [0.3, 0.4) is 0 Å². The van der Waals surface area contributed by atoms with E-state index in [0.29, 0.717) is 12.1 Å². The van der Waals surface area contributed by atoms with Crippen LogP contribution >= 0.6 is 0 Å². The second-order valence-corrected chi connectivity index (χ2v) is 8.34. The summed E-state index contributed by atoms with van der Waals surface area (Å²) in [6, 6.07) is 2.10. The summed E-state index contributed by atoms with van der Waals surface area (Å²) in [6.45, 7) is 9.71. The van der Waals surface area contributed by atoms with Crippen LogP contribution in [0.25, 0.3) is 0 Å². The molecule has 2 bridgehead atoms. The molecule has 0 aromatic heterocycles. The number of aliphatic imine (C=N–C) groups is 1. The van der Waals surface area contributed by atoms with Crippen molar-refractivity contribution in [1.29, 1.82) is 0 Å². The third-order valence-corrected chi connectivity index (χ3v) is 6.83. The number of piperazine rings is 3. The largest absolute Gasteiger partial charge is 0.355 e. The summed E-state index contributed by atoms with van der Waals surface area (Å²) in [4.78, 5) is 12.4. The van der Waals surface area contributed by atoms with Crippen LogP contribution in [0.5, 0.6) is 0 Å². The Morgan fingerprint density at radius 2 is 1.64 bits per heavy atom. The predicted octanol–water partition coefficient (Wildman–Crippen LogP) is 0.558. The Morgan fingerprint density at radius 3 is 2.24 bits per heavy atom. The Balaban J connectivity index is 1.19. The van der Waals surface area contributed by atoms with Gasteiger partial charge in [-0.15, -0.1) is 0 Å². The zero-order valence-electron chi connectivity index (χ0n) is 15.9. The number of guanidine groups is 1. The maximum atomic E-state index is 4.47. The molecule has 6 nitrogen and oxygen atoms in total. The molecule has 0 spiro atoms. The fourth-order valence-electron chi connectivity index (χ4n) is 5.20. The fourth-order valence-corrected chi connectivity index (χ4v) is 5.20. The molecule has 0 aromatic carbocycles. The van der Waals surface area contributed by atoms with Crippen LogP contribution < -0.4 is 10.6 Å². The highest BCUT2D eigenvalue weighted by molar-refractivity contribution is 5.80. The molecule has 2 N–H and O–H groups in total. The Bertz CT molecular complexity index is 445. The van der Waals surface area contributed by atoms with E-state index in [1.54, 1.807) is 0 Å². The van der Waals surface area contributed by atoms with Gasteiger partial charge < -0.3 is 15.5 Å². The lowest BCUT2D eigenvalue weighted by Crippen LogP contribution is -2.64. The number of hydrogen-bond acceptors (Lipinski definition) is 4. The van der Waals surface area contributed by atoms with Crippen molar-refractivity contribution in [2.45, 2.75) is 56.7 Å². The third kappa shape index (κ3) is 4.29. The minimum absolute atomic E-state index is 0.579. The number of likely N-dealkylation sites (tertiary alicyclic amines) is 1. The van der Waals surface area contributed by atoms with Gasteiger partial charge in [0.1, 0.15) is 0 Å². The highest BCUT2D eigenvalue weighted by Gasteiger charge is 2.32. The summed E-state index contributed by atoms with van der Waals surface area (Å²) in [5.41, 5.74) is 0. The molecule has 0 aromatic rings. The summed E-state index contributed by atoms with van der Waals surface area (Å²) in [7, 11) is 1.90. The summed E-state index contributed by atoms with van der Waals surface area (Å²) in [6.07, 6.45) is 8.23. The van der Waals surface area contributed by atoms with Gasteiger partial charge >= 0.3 is 0 Å². The lowest BCUT2D eigenvalue weighted by atomic mass is 10.0. The van der Waals surface area contributed by atoms with Gasteiger partial charge in [0.2, 0.25) is 0 Å². The van der Waals surface area contributed by atoms with Crippen molar-refractivity contribution in [2.24, 2.45) is 4.99 Å². The normalized spacial score (nSPS) is 35.2. The van der Waals surface area contributed by atoms with E-state index in [1.807, 2.05) is 7.05 Å². The Labute approximate surface area is 153 Å². The van der Waals surface area contributed by atoms with Crippen LogP contribution in [0, 0.1) is 0 Å². The molecule has 1 saturated carbocycles. The first-order valence-electron chi connectivity index (χ1n) is 10.5. The van der Waals surface area contributed by atoms with Gasteiger partial charge in [0.15, 0.2) is 5.96 Å². The number of piperidine rings is 1. The molecule has 142 valence electrons. The first-order valence-corrected chi connectivity index (χ1v) is 10.5. The maximum absolute atomic E-state index is 4.47. The van der Waals surface area contributed by atoms with E-state index in [4.69, 9.17) is 0 Å². The van der Waals surface area contributed by atoms with Gasteiger partial charge in [-0.2, -0.15) is 0 Å². The van der Waals surface area contributed by atoms with Gasteiger partial charge in [0, 0.05) is 77.5 Å². The van der Waals surface area contributed by atoms with Crippen molar-refractivity contribution in [3.05, 3.63) is 0 Å². The van der Waals surface area contributed by atoms with E-state index in [1.165, 1.54) is 84.3 Å². The zero-order chi connectivity index (χ0) is 17.1. The van der Waals surface area contributed by atoms with Crippen LogP contribution in [0.15, 0.2) is 4.99 Å². The van der Waals surface area contributed by atoms with Crippen LogP contribution in [0.1, 0.15) is 38.5 Å². The van der Waals surface area contributed by atoms with E-state index in [9.17, 15) is 0 Å². The van der Waals surface area contributed by atoms with Crippen molar-refractivity contribution in [3.63, 3.8) is 0 Å². The number of nitrogens with zero attached hydrogens (tertiary/aromatic N) is 4. The van der Waals surface area contributed by atoms with E-state index >= 15 is 0 Å². The molecule has 4 aliphatic heterocycles. The fraction of sp³-hybridized carbons (Fsp3) is 0.947. The summed E-state index contributed by atoms with van der Waals surface area (Å²) < 4.78 is 0. The lowest BCUT2D eigenvalue weighted by Gasteiger charge is -2.47. The molecule has 4 heterocycles. The molecular weight excluding hydrogens is 312 g/mol. The molecule has 1 atom stereocenters. The smallest absolute Gasteiger partial charge is 0.191 e. The third-order valence-electron chi connectivity index (χ3n) is 6.83. The first kappa shape index (κ1) is 17.6. The van der Waals surface area contributed by atoms with Crippen molar-refractivity contribution < 1.29 is 0 Å². The number of rotatable bonds is 4. The van der Waals surface area contributed by atoms with Gasteiger partial charge in [-0.25, -0.2) is 0 Å². The number of nitrogens with one attached hydrogen (secondary N) is 2. The minimum atomic E-state index is 0.579. The quantitative estimate of drug-likeness (QED) is 0.574. The molecule has 6 heteroatoms. The van der Waals surface area contributed by atoms with E-state index in [2.05, 4.69) is 30.3 Å². The van der Waals surface area contributed by atoms with Crippen molar-refractivity contribution >= 4 is 5.96 Å². The highest BCUT2D eigenvalue weighted by Crippen LogP contribution is 2.26. The van der Waals surface area contributed by atoms with Gasteiger partial charge in [-0.05, 0) is 25.7 Å². The standard InChI is InChI=1S/C19H36N6/c1-20-19(21-14-18-15-23-10-12-25(18)13-11-23)22-16-6-8-24(9-7-16)17-4-2-3-5-17/h16-18H,2-15H2,1H3,(H2,20,21,22). The Morgan fingerprint density at radius 1 is 0.920 bits per heavy atom. The second-order valence-electron chi connectivity index (χ2n) is 8.34. The van der Waals surface area contributed by atoms with Gasteiger partial charge in [-0.3, -0.25) is 14.8 Å². The van der Waals surface area contributed by atoms with Crippen LogP contribution in [-0.4, -0.2) is 98.2 Å². The van der Waals surface area contributed by atoms with E-state index in [-0.39, 0.29) is 0 Å². The maximum Gasteiger partial charge on any atom is 0.191 e. The molecule has 5 fully saturated rings. The summed E-state index contributed by atoms with van der Waals surface area (Å²) in [5.74, 6) is 0.997. The monoisotopic (exact) mass is 348 g/mol.